The second-order valence-electron chi connectivity index (χ2n) is 5.51. The Bertz CT molecular complexity index is 386. The molecule has 1 atom stereocenters. The van der Waals surface area contributed by atoms with Crippen molar-refractivity contribution >= 4 is 15.7 Å². The molecule has 1 amide bonds. The van der Waals surface area contributed by atoms with Crippen LogP contribution >= 0.6 is 0 Å². The zero-order valence-corrected chi connectivity index (χ0v) is 11.5. The van der Waals surface area contributed by atoms with Gasteiger partial charge in [-0.2, -0.15) is 0 Å². The molecule has 0 heterocycles. The Morgan fingerprint density at radius 1 is 1.47 bits per heavy atom. The Labute approximate surface area is 103 Å². The number of hydrogen-bond donors (Lipinski definition) is 2. The molecule has 0 aromatic heterocycles. The molecule has 100 valence electrons. The van der Waals surface area contributed by atoms with Crippen LogP contribution in [0.25, 0.3) is 0 Å². The molecule has 0 spiro atoms. The predicted octanol–water partition coefficient (Wildman–Crippen LogP) is 0.0532. The van der Waals surface area contributed by atoms with E-state index in [9.17, 15) is 13.2 Å². The Hall–Kier alpha value is -0.620. The molecule has 0 aromatic carbocycles. The SMILES string of the molecule is CC(C)(CNC(=O)CC(N)C1CC1)S(C)(=O)=O. The van der Waals surface area contributed by atoms with Crippen molar-refractivity contribution in [2.24, 2.45) is 11.7 Å². The standard InChI is InChI=1S/C11H22N2O3S/c1-11(2,17(3,15)16)7-13-10(14)6-9(12)8-4-5-8/h8-9H,4-7,12H2,1-3H3,(H,13,14). The van der Waals surface area contributed by atoms with Gasteiger partial charge in [0, 0.05) is 25.3 Å². The Kier molecular flexibility index (Phi) is 4.19. The highest BCUT2D eigenvalue weighted by atomic mass is 32.2. The number of carbonyl (C=O) groups excluding carboxylic acids is 1. The summed E-state index contributed by atoms with van der Waals surface area (Å²) in [5.41, 5.74) is 5.83. The van der Waals surface area contributed by atoms with Crippen molar-refractivity contribution in [3.63, 3.8) is 0 Å². The van der Waals surface area contributed by atoms with E-state index >= 15 is 0 Å². The highest BCUT2D eigenvalue weighted by Crippen LogP contribution is 2.32. The number of hydrogen-bond acceptors (Lipinski definition) is 4. The predicted molar refractivity (Wildman–Crippen MR) is 67.2 cm³/mol. The molecular formula is C11H22N2O3S. The summed E-state index contributed by atoms with van der Waals surface area (Å²) in [6.45, 7) is 3.33. The molecule has 0 radical (unpaired) electrons. The number of amides is 1. The minimum absolute atomic E-state index is 0.0867. The molecule has 0 saturated heterocycles. The zero-order valence-electron chi connectivity index (χ0n) is 10.7. The second-order valence-corrected chi connectivity index (χ2v) is 8.16. The summed E-state index contributed by atoms with van der Waals surface area (Å²) in [5.74, 6) is 0.310. The van der Waals surface area contributed by atoms with E-state index in [1.807, 2.05) is 0 Å². The molecular weight excluding hydrogens is 240 g/mol. The highest BCUT2D eigenvalue weighted by molar-refractivity contribution is 7.92. The summed E-state index contributed by atoms with van der Waals surface area (Å²) < 4.78 is 21.9. The summed E-state index contributed by atoms with van der Waals surface area (Å²) in [7, 11) is -3.18. The summed E-state index contributed by atoms with van der Waals surface area (Å²) in [5, 5.41) is 2.64. The van der Waals surface area contributed by atoms with Gasteiger partial charge in [-0.15, -0.1) is 0 Å². The van der Waals surface area contributed by atoms with Crippen LogP contribution in [-0.4, -0.2) is 37.9 Å². The molecule has 0 aromatic rings. The first-order valence-corrected chi connectivity index (χ1v) is 7.74. The molecule has 0 aliphatic heterocycles. The number of nitrogens with two attached hydrogens (primary N) is 1. The molecule has 6 heteroatoms. The van der Waals surface area contributed by atoms with Crippen LogP contribution in [0.2, 0.25) is 0 Å². The van der Waals surface area contributed by atoms with Crippen LogP contribution in [0, 0.1) is 5.92 Å². The topological polar surface area (TPSA) is 89.3 Å². The van der Waals surface area contributed by atoms with Gasteiger partial charge >= 0.3 is 0 Å². The van der Waals surface area contributed by atoms with E-state index in [1.54, 1.807) is 13.8 Å². The van der Waals surface area contributed by atoms with Crippen LogP contribution < -0.4 is 11.1 Å². The van der Waals surface area contributed by atoms with Crippen molar-refractivity contribution in [1.29, 1.82) is 0 Å². The molecule has 3 N–H and O–H groups in total. The van der Waals surface area contributed by atoms with Gasteiger partial charge in [0.05, 0.1) is 4.75 Å². The molecule has 1 aliphatic carbocycles. The fraction of sp³-hybridized carbons (Fsp3) is 0.909. The number of rotatable bonds is 6. The molecule has 1 unspecified atom stereocenters. The normalized spacial score (nSPS) is 18.8. The lowest BCUT2D eigenvalue weighted by atomic mass is 10.1. The maximum absolute atomic E-state index is 11.6. The van der Waals surface area contributed by atoms with E-state index in [1.165, 1.54) is 6.26 Å². The number of nitrogens with one attached hydrogen (secondary N) is 1. The van der Waals surface area contributed by atoms with Crippen LogP contribution in [0.1, 0.15) is 33.1 Å². The average Bonchev–Trinajstić information content (AvgIpc) is 2.95. The molecule has 0 bridgehead atoms. The monoisotopic (exact) mass is 262 g/mol. The molecule has 1 rings (SSSR count). The van der Waals surface area contributed by atoms with Crippen LogP contribution in [0.5, 0.6) is 0 Å². The van der Waals surface area contributed by atoms with Gasteiger partial charge < -0.3 is 11.1 Å². The van der Waals surface area contributed by atoms with E-state index in [0.717, 1.165) is 12.8 Å². The van der Waals surface area contributed by atoms with Crippen molar-refractivity contribution < 1.29 is 13.2 Å². The van der Waals surface area contributed by atoms with E-state index in [4.69, 9.17) is 5.73 Å². The summed E-state index contributed by atoms with van der Waals surface area (Å²) >= 11 is 0. The van der Waals surface area contributed by atoms with Crippen molar-refractivity contribution in [3.8, 4) is 0 Å². The zero-order chi connectivity index (χ0) is 13.3. The van der Waals surface area contributed by atoms with Gasteiger partial charge in [-0.1, -0.05) is 0 Å². The highest BCUT2D eigenvalue weighted by Gasteiger charge is 2.32. The summed E-state index contributed by atoms with van der Waals surface area (Å²) in [4.78, 5) is 11.6. The first-order valence-electron chi connectivity index (χ1n) is 5.85. The van der Waals surface area contributed by atoms with Gasteiger partial charge in [0.25, 0.3) is 0 Å². The molecule has 17 heavy (non-hydrogen) atoms. The van der Waals surface area contributed by atoms with Crippen molar-refractivity contribution in [2.45, 2.75) is 43.9 Å². The van der Waals surface area contributed by atoms with Crippen molar-refractivity contribution in [1.82, 2.24) is 5.32 Å². The fourth-order valence-electron chi connectivity index (χ4n) is 1.42. The minimum Gasteiger partial charge on any atom is -0.354 e. The van der Waals surface area contributed by atoms with Gasteiger partial charge in [0.15, 0.2) is 9.84 Å². The van der Waals surface area contributed by atoms with E-state index in [2.05, 4.69) is 5.32 Å². The first-order chi connectivity index (χ1) is 7.63. The third-order valence-electron chi connectivity index (χ3n) is 3.36. The van der Waals surface area contributed by atoms with Crippen LogP contribution in [0.15, 0.2) is 0 Å². The lowest BCUT2D eigenvalue weighted by Crippen LogP contribution is -2.45. The van der Waals surface area contributed by atoms with Gasteiger partial charge in [0.2, 0.25) is 5.91 Å². The lowest BCUT2D eigenvalue weighted by molar-refractivity contribution is -0.121. The summed E-state index contributed by atoms with van der Waals surface area (Å²) in [6, 6.07) is -0.0867. The summed E-state index contributed by atoms with van der Waals surface area (Å²) in [6.07, 6.45) is 3.66. The van der Waals surface area contributed by atoms with Gasteiger partial charge in [0.1, 0.15) is 0 Å². The van der Waals surface area contributed by atoms with E-state index in [-0.39, 0.29) is 24.9 Å². The van der Waals surface area contributed by atoms with Gasteiger partial charge in [-0.05, 0) is 32.6 Å². The Balaban J connectivity index is 2.37. The fourth-order valence-corrected chi connectivity index (χ4v) is 1.75. The smallest absolute Gasteiger partial charge is 0.221 e. The van der Waals surface area contributed by atoms with E-state index < -0.39 is 14.6 Å². The van der Waals surface area contributed by atoms with Crippen molar-refractivity contribution in [3.05, 3.63) is 0 Å². The van der Waals surface area contributed by atoms with Crippen LogP contribution in [-0.2, 0) is 14.6 Å². The third kappa shape index (κ3) is 4.27. The lowest BCUT2D eigenvalue weighted by Gasteiger charge is -2.23. The molecule has 1 aliphatic rings. The quantitative estimate of drug-likeness (QED) is 0.708. The first kappa shape index (κ1) is 14.4. The Morgan fingerprint density at radius 2 is 2.00 bits per heavy atom. The molecule has 5 nitrogen and oxygen atoms in total. The van der Waals surface area contributed by atoms with E-state index in [0.29, 0.717) is 5.92 Å². The molecule has 1 fully saturated rings. The third-order valence-corrected chi connectivity index (χ3v) is 5.52. The second kappa shape index (κ2) is 4.94. The number of carbonyl (C=O) groups is 1. The maximum atomic E-state index is 11.6. The van der Waals surface area contributed by atoms with Crippen LogP contribution in [0.4, 0.5) is 0 Å². The molecule has 1 saturated carbocycles. The number of sulfone groups is 1. The Morgan fingerprint density at radius 3 is 2.41 bits per heavy atom. The van der Waals surface area contributed by atoms with Crippen LogP contribution in [0.3, 0.4) is 0 Å². The largest absolute Gasteiger partial charge is 0.354 e. The van der Waals surface area contributed by atoms with Gasteiger partial charge in [-0.3, -0.25) is 4.79 Å². The minimum atomic E-state index is -3.18. The maximum Gasteiger partial charge on any atom is 0.221 e. The van der Waals surface area contributed by atoms with Gasteiger partial charge in [-0.25, -0.2) is 8.42 Å². The van der Waals surface area contributed by atoms with Crippen molar-refractivity contribution in [2.75, 3.05) is 12.8 Å². The average molecular weight is 262 g/mol.